The van der Waals surface area contributed by atoms with Crippen LogP contribution in [0.2, 0.25) is 0 Å². The van der Waals surface area contributed by atoms with Crippen LogP contribution in [0.15, 0.2) is 24.3 Å². The van der Waals surface area contributed by atoms with Gasteiger partial charge in [0.05, 0.1) is 12.8 Å². The number of anilines is 1. The molecular formula is C14H23N3O3S. The number of hydrogen-bond donors (Lipinski definition) is 1. The summed E-state index contributed by atoms with van der Waals surface area (Å²) in [5.74, 6) is 1.14. The van der Waals surface area contributed by atoms with Crippen molar-refractivity contribution in [1.82, 2.24) is 4.31 Å². The smallest absolute Gasteiger partial charge is 0.303 e. The van der Waals surface area contributed by atoms with Crippen molar-refractivity contribution in [1.29, 1.82) is 0 Å². The van der Waals surface area contributed by atoms with E-state index in [-0.39, 0.29) is 0 Å². The average Bonchev–Trinajstić information content (AvgIpc) is 2.54. The van der Waals surface area contributed by atoms with Crippen molar-refractivity contribution in [3.8, 4) is 5.75 Å². The number of nitrogens with two attached hydrogens (primary N) is 1. The SMILES string of the molecule is COc1ccc(N(C)S(=O)(=O)N2CCC(CN)CC2)cc1. The molecule has 118 valence electrons. The third-order valence-corrected chi connectivity index (χ3v) is 5.94. The van der Waals surface area contributed by atoms with Gasteiger partial charge in [-0.3, -0.25) is 4.31 Å². The minimum absolute atomic E-state index is 0.433. The molecule has 21 heavy (non-hydrogen) atoms. The largest absolute Gasteiger partial charge is 0.497 e. The van der Waals surface area contributed by atoms with Gasteiger partial charge in [0, 0.05) is 20.1 Å². The van der Waals surface area contributed by atoms with E-state index in [4.69, 9.17) is 10.5 Å². The van der Waals surface area contributed by atoms with Crippen LogP contribution >= 0.6 is 0 Å². The monoisotopic (exact) mass is 313 g/mol. The summed E-state index contributed by atoms with van der Waals surface area (Å²) in [4.78, 5) is 0. The number of methoxy groups -OCH3 is 1. The zero-order valence-corrected chi connectivity index (χ0v) is 13.3. The molecule has 0 spiro atoms. The van der Waals surface area contributed by atoms with Gasteiger partial charge in [0.25, 0.3) is 0 Å². The molecule has 0 bridgehead atoms. The molecule has 6 nitrogen and oxygen atoms in total. The van der Waals surface area contributed by atoms with Crippen LogP contribution in [0.3, 0.4) is 0 Å². The minimum atomic E-state index is -3.48. The Morgan fingerprint density at radius 1 is 1.29 bits per heavy atom. The van der Waals surface area contributed by atoms with Gasteiger partial charge in [0.2, 0.25) is 0 Å². The highest BCUT2D eigenvalue weighted by atomic mass is 32.2. The molecule has 0 amide bonds. The van der Waals surface area contributed by atoms with Gasteiger partial charge in [0.1, 0.15) is 5.75 Å². The molecular weight excluding hydrogens is 290 g/mol. The summed E-state index contributed by atoms with van der Waals surface area (Å²) < 4.78 is 33.2. The molecule has 1 aliphatic rings. The third-order valence-electron chi connectivity index (χ3n) is 4.02. The van der Waals surface area contributed by atoms with E-state index >= 15 is 0 Å². The van der Waals surface area contributed by atoms with Crippen molar-refractivity contribution < 1.29 is 13.2 Å². The van der Waals surface area contributed by atoms with Crippen LogP contribution in [0.25, 0.3) is 0 Å². The molecule has 1 fully saturated rings. The second kappa shape index (κ2) is 6.64. The van der Waals surface area contributed by atoms with Gasteiger partial charge in [-0.25, -0.2) is 0 Å². The first-order chi connectivity index (χ1) is 9.98. The molecule has 0 radical (unpaired) electrons. The van der Waals surface area contributed by atoms with Gasteiger partial charge < -0.3 is 10.5 Å². The predicted molar refractivity (Wildman–Crippen MR) is 83.7 cm³/mol. The fourth-order valence-electron chi connectivity index (χ4n) is 2.47. The highest BCUT2D eigenvalue weighted by Crippen LogP contribution is 2.25. The van der Waals surface area contributed by atoms with Crippen LogP contribution in [0.1, 0.15) is 12.8 Å². The topological polar surface area (TPSA) is 75.9 Å². The van der Waals surface area contributed by atoms with Crippen molar-refractivity contribution in [3.63, 3.8) is 0 Å². The maximum Gasteiger partial charge on any atom is 0.303 e. The Morgan fingerprint density at radius 3 is 2.33 bits per heavy atom. The molecule has 1 heterocycles. The lowest BCUT2D eigenvalue weighted by Crippen LogP contribution is -2.46. The number of rotatable bonds is 5. The fourth-order valence-corrected chi connectivity index (χ4v) is 3.88. The van der Waals surface area contributed by atoms with Crippen LogP contribution in [0.4, 0.5) is 5.69 Å². The average molecular weight is 313 g/mol. The van der Waals surface area contributed by atoms with Gasteiger partial charge in [-0.15, -0.1) is 0 Å². The lowest BCUT2D eigenvalue weighted by atomic mass is 9.99. The first kappa shape index (κ1) is 16.1. The highest BCUT2D eigenvalue weighted by Gasteiger charge is 2.30. The van der Waals surface area contributed by atoms with E-state index in [9.17, 15) is 8.42 Å². The van der Waals surface area contributed by atoms with E-state index in [1.54, 1.807) is 38.4 Å². The highest BCUT2D eigenvalue weighted by molar-refractivity contribution is 7.90. The molecule has 0 aromatic heterocycles. The predicted octanol–water partition coefficient (Wildman–Crippen LogP) is 1.05. The zero-order valence-electron chi connectivity index (χ0n) is 12.5. The summed E-state index contributed by atoms with van der Waals surface area (Å²) in [6.07, 6.45) is 1.65. The Morgan fingerprint density at radius 2 is 1.86 bits per heavy atom. The summed E-state index contributed by atoms with van der Waals surface area (Å²) in [5, 5.41) is 0. The lowest BCUT2D eigenvalue weighted by Gasteiger charge is -2.34. The van der Waals surface area contributed by atoms with Crippen LogP contribution in [0.5, 0.6) is 5.75 Å². The van der Waals surface area contributed by atoms with Crippen LogP contribution in [0, 0.1) is 5.92 Å². The van der Waals surface area contributed by atoms with Gasteiger partial charge >= 0.3 is 10.2 Å². The molecule has 1 aliphatic heterocycles. The summed E-state index contributed by atoms with van der Waals surface area (Å²) in [6.45, 7) is 1.69. The quantitative estimate of drug-likeness (QED) is 0.881. The molecule has 0 unspecified atom stereocenters. The first-order valence-electron chi connectivity index (χ1n) is 7.07. The molecule has 1 aromatic carbocycles. The van der Waals surface area contributed by atoms with E-state index in [2.05, 4.69) is 0 Å². The van der Waals surface area contributed by atoms with Gasteiger partial charge in [-0.2, -0.15) is 12.7 Å². The zero-order chi connectivity index (χ0) is 15.5. The summed E-state index contributed by atoms with van der Waals surface area (Å²) in [7, 11) is -0.325. The van der Waals surface area contributed by atoms with E-state index < -0.39 is 10.2 Å². The second-order valence-electron chi connectivity index (χ2n) is 5.25. The van der Waals surface area contributed by atoms with Gasteiger partial charge in [-0.05, 0) is 49.6 Å². The van der Waals surface area contributed by atoms with Crippen LogP contribution < -0.4 is 14.8 Å². The van der Waals surface area contributed by atoms with Gasteiger partial charge in [-0.1, -0.05) is 0 Å². The Balaban J connectivity index is 2.11. The second-order valence-corrected chi connectivity index (χ2v) is 7.21. The Labute approximate surface area is 126 Å². The molecule has 0 aliphatic carbocycles. The Kier molecular flexibility index (Phi) is 5.08. The molecule has 2 rings (SSSR count). The normalized spacial score (nSPS) is 17.7. The molecule has 7 heteroatoms. The number of piperidine rings is 1. The van der Waals surface area contributed by atoms with Crippen molar-refractivity contribution in [2.45, 2.75) is 12.8 Å². The first-order valence-corrected chi connectivity index (χ1v) is 8.47. The Bertz CT molecular complexity index is 551. The third kappa shape index (κ3) is 3.48. The van der Waals surface area contributed by atoms with Crippen molar-refractivity contribution in [2.75, 3.05) is 38.1 Å². The van der Waals surface area contributed by atoms with Crippen molar-refractivity contribution >= 4 is 15.9 Å². The number of hydrogen-bond acceptors (Lipinski definition) is 4. The standard InChI is InChI=1S/C14H23N3O3S/c1-16(13-3-5-14(20-2)6-4-13)21(18,19)17-9-7-12(11-15)8-10-17/h3-6,12H,7-11,15H2,1-2H3. The maximum absolute atomic E-state index is 12.6. The molecule has 0 saturated carbocycles. The number of ether oxygens (including phenoxy) is 1. The summed E-state index contributed by atoms with van der Waals surface area (Å²) in [5.41, 5.74) is 6.27. The molecule has 1 saturated heterocycles. The summed E-state index contributed by atoms with van der Waals surface area (Å²) >= 11 is 0. The van der Waals surface area contributed by atoms with Crippen LogP contribution in [-0.2, 0) is 10.2 Å². The minimum Gasteiger partial charge on any atom is -0.497 e. The van der Waals surface area contributed by atoms with E-state index in [0.717, 1.165) is 12.8 Å². The fraction of sp³-hybridized carbons (Fsp3) is 0.571. The van der Waals surface area contributed by atoms with E-state index in [1.165, 1.54) is 8.61 Å². The van der Waals surface area contributed by atoms with E-state index in [0.29, 0.717) is 37.0 Å². The maximum atomic E-state index is 12.6. The number of nitrogens with zero attached hydrogens (tertiary/aromatic N) is 2. The number of benzene rings is 1. The molecule has 2 N–H and O–H groups in total. The Hall–Kier alpha value is -1.31. The van der Waals surface area contributed by atoms with Crippen molar-refractivity contribution in [3.05, 3.63) is 24.3 Å². The summed E-state index contributed by atoms with van der Waals surface area (Å²) in [6, 6.07) is 6.98. The van der Waals surface area contributed by atoms with E-state index in [1.807, 2.05) is 0 Å². The molecule has 0 atom stereocenters. The lowest BCUT2D eigenvalue weighted by molar-refractivity contribution is 0.278. The molecule has 1 aromatic rings. The van der Waals surface area contributed by atoms with Crippen LogP contribution in [-0.4, -0.2) is 46.5 Å². The van der Waals surface area contributed by atoms with Gasteiger partial charge in [0.15, 0.2) is 0 Å². The van der Waals surface area contributed by atoms with Crippen molar-refractivity contribution in [2.24, 2.45) is 11.7 Å².